The summed E-state index contributed by atoms with van der Waals surface area (Å²) in [7, 11) is 1.87. The molecule has 3 rings (SSSR count). The van der Waals surface area contributed by atoms with E-state index in [1.807, 2.05) is 60.3 Å². The maximum atomic E-state index is 12.1. The fourth-order valence-electron chi connectivity index (χ4n) is 2.50. The number of hydrogen-bond donors (Lipinski definition) is 2. The summed E-state index contributed by atoms with van der Waals surface area (Å²) in [6.07, 6.45) is 1.67. The molecule has 0 fully saturated rings. The molecule has 0 saturated carbocycles. The molecule has 1 amide bonds. The average Bonchev–Trinajstić information content (AvgIpc) is 3.24. The summed E-state index contributed by atoms with van der Waals surface area (Å²) >= 11 is 0. The van der Waals surface area contributed by atoms with Crippen LogP contribution in [0.4, 0.5) is 0 Å². The molecule has 0 bridgehead atoms. The molecule has 1 atom stereocenters. The molecule has 0 aliphatic heterocycles. The van der Waals surface area contributed by atoms with Gasteiger partial charge in [-0.1, -0.05) is 35.5 Å². The summed E-state index contributed by atoms with van der Waals surface area (Å²) in [5, 5.41) is 16.7. The van der Waals surface area contributed by atoms with E-state index < -0.39 is 6.10 Å². The highest BCUT2D eigenvalue weighted by atomic mass is 16.5. The van der Waals surface area contributed by atoms with Crippen molar-refractivity contribution in [1.29, 1.82) is 0 Å². The highest BCUT2D eigenvalue weighted by Crippen LogP contribution is 2.20. The zero-order valence-corrected chi connectivity index (χ0v) is 13.3. The van der Waals surface area contributed by atoms with Crippen LogP contribution < -0.4 is 5.32 Å². The minimum absolute atomic E-state index is 0.224. The molecule has 3 aromatic rings. The lowest BCUT2D eigenvalue weighted by atomic mass is 10.1. The molecular weight excluding hydrogens is 306 g/mol. The van der Waals surface area contributed by atoms with Gasteiger partial charge in [-0.15, -0.1) is 0 Å². The predicted octanol–water partition coefficient (Wildman–Crippen LogP) is 2.53. The first-order valence-electron chi connectivity index (χ1n) is 7.75. The molecular formula is C18H19N3O3. The van der Waals surface area contributed by atoms with Crippen LogP contribution in [-0.2, 0) is 7.05 Å². The second kappa shape index (κ2) is 7.14. The fourth-order valence-corrected chi connectivity index (χ4v) is 2.50. The SMILES string of the molecule is Cn1cccc1[C@H](O)CCNC(=O)c1cc(-c2ccccc2)on1. The van der Waals surface area contributed by atoms with E-state index in [1.165, 1.54) is 0 Å². The normalized spacial score (nSPS) is 12.1. The fraction of sp³-hybridized carbons (Fsp3) is 0.222. The molecule has 6 heteroatoms. The molecule has 24 heavy (non-hydrogen) atoms. The largest absolute Gasteiger partial charge is 0.387 e. The van der Waals surface area contributed by atoms with Crippen LogP contribution in [0.3, 0.4) is 0 Å². The van der Waals surface area contributed by atoms with Crippen molar-refractivity contribution in [3.8, 4) is 11.3 Å². The quantitative estimate of drug-likeness (QED) is 0.730. The summed E-state index contributed by atoms with van der Waals surface area (Å²) in [6, 6.07) is 14.8. The lowest BCUT2D eigenvalue weighted by Crippen LogP contribution is -2.26. The molecule has 6 nitrogen and oxygen atoms in total. The minimum atomic E-state index is -0.623. The van der Waals surface area contributed by atoms with Crippen LogP contribution in [0.2, 0.25) is 0 Å². The van der Waals surface area contributed by atoms with Crippen molar-refractivity contribution in [3.05, 3.63) is 66.1 Å². The molecule has 1 aromatic carbocycles. The van der Waals surface area contributed by atoms with Gasteiger partial charge < -0.3 is 19.5 Å². The number of hydrogen-bond acceptors (Lipinski definition) is 4. The average molecular weight is 325 g/mol. The monoisotopic (exact) mass is 325 g/mol. The Morgan fingerprint density at radius 3 is 2.79 bits per heavy atom. The number of rotatable bonds is 6. The van der Waals surface area contributed by atoms with Gasteiger partial charge in [0.25, 0.3) is 5.91 Å². The Balaban J connectivity index is 1.54. The molecule has 0 saturated heterocycles. The first kappa shape index (κ1) is 16.0. The number of aryl methyl sites for hydroxylation is 1. The van der Waals surface area contributed by atoms with Crippen molar-refractivity contribution >= 4 is 5.91 Å². The van der Waals surface area contributed by atoms with Crippen LogP contribution in [0.1, 0.15) is 28.7 Å². The van der Waals surface area contributed by atoms with Gasteiger partial charge in [-0.25, -0.2) is 0 Å². The third-order valence-corrected chi connectivity index (χ3v) is 3.83. The summed E-state index contributed by atoms with van der Waals surface area (Å²) in [5.74, 6) is 0.226. The molecule has 0 spiro atoms. The van der Waals surface area contributed by atoms with E-state index >= 15 is 0 Å². The Labute approximate surface area is 139 Å². The second-order valence-corrected chi connectivity index (χ2v) is 5.55. The Morgan fingerprint density at radius 1 is 1.29 bits per heavy atom. The number of carbonyl (C=O) groups is 1. The van der Waals surface area contributed by atoms with Crippen LogP contribution in [0.25, 0.3) is 11.3 Å². The second-order valence-electron chi connectivity index (χ2n) is 5.55. The Morgan fingerprint density at radius 2 is 2.08 bits per heavy atom. The first-order chi connectivity index (χ1) is 11.6. The standard InChI is InChI=1S/C18H19N3O3/c1-21-11-5-8-15(21)16(22)9-10-19-18(23)14-12-17(24-20-14)13-6-3-2-4-7-13/h2-8,11-12,16,22H,9-10H2,1H3,(H,19,23)/t16-/m1/s1. The Bertz CT molecular complexity index is 808. The van der Waals surface area contributed by atoms with Gasteiger partial charge in [-0.2, -0.15) is 0 Å². The van der Waals surface area contributed by atoms with E-state index in [0.29, 0.717) is 18.7 Å². The third-order valence-electron chi connectivity index (χ3n) is 3.83. The van der Waals surface area contributed by atoms with Crippen molar-refractivity contribution in [1.82, 2.24) is 15.0 Å². The van der Waals surface area contributed by atoms with Crippen LogP contribution in [0.5, 0.6) is 0 Å². The van der Waals surface area contributed by atoms with Crippen LogP contribution in [-0.4, -0.2) is 27.3 Å². The molecule has 0 aliphatic rings. The number of aliphatic hydroxyl groups is 1. The molecule has 2 heterocycles. The number of amides is 1. The van der Waals surface area contributed by atoms with Gasteiger partial charge in [-0.05, 0) is 18.6 Å². The van der Waals surface area contributed by atoms with Gasteiger partial charge in [0, 0.05) is 37.1 Å². The van der Waals surface area contributed by atoms with Gasteiger partial charge >= 0.3 is 0 Å². The van der Waals surface area contributed by atoms with Crippen molar-refractivity contribution in [3.63, 3.8) is 0 Å². The topological polar surface area (TPSA) is 80.3 Å². The molecule has 0 unspecified atom stereocenters. The van der Waals surface area contributed by atoms with Gasteiger partial charge in [0.2, 0.25) is 0 Å². The van der Waals surface area contributed by atoms with Gasteiger partial charge in [0.05, 0.1) is 6.10 Å². The number of nitrogens with zero attached hydrogens (tertiary/aromatic N) is 2. The molecule has 2 aromatic heterocycles. The Kier molecular flexibility index (Phi) is 4.77. The number of aliphatic hydroxyl groups excluding tert-OH is 1. The molecule has 0 aliphatic carbocycles. The highest BCUT2D eigenvalue weighted by Gasteiger charge is 2.15. The van der Waals surface area contributed by atoms with Gasteiger partial charge in [0.1, 0.15) is 0 Å². The predicted molar refractivity (Wildman–Crippen MR) is 89.3 cm³/mol. The number of nitrogens with one attached hydrogen (secondary N) is 1. The zero-order valence-electron chi connectivity index (χ0n) is 13.3. The van der Waals surface area contributed by atoms with E-state index in [9.17, 15) is 9.90 Å². The minimum Gasteiger partial charge on any atom is -0.387 e. The van der Waals surface area contributed by atoms with Crippen LogP contribution >= 0.6 is 0 Å². The van der Waals surface area contributed by atoms with Crippen LogP contribution in [0, 0.1) is 0 Å². The van der Waals surface area contributed by atoms with Crippen molar-refractivity contribution in [2.45, 2.75) is 12.5 Å². The van der Waals surface area contributed by atoms with Gasteiger partial charge in [-0.3, -0.25) is 4.79 Å². The number of carbonyl (C=O) groups excluding carboxylic acids is 1. The summed E-state index contributed by atoms with van der Waals surface area (Å²) in [5.41, 5.74) is 1.91. The third kappa shape index (κ3) is 3.55. The van der Waals surface area contributed by atoms with E-state index in [4.69, 9.17) is 4.52 Å². The van der Waals surface area contributed by atoms with Crippen LogP contribution in [0.15, 0.2) is 59.3 Å². The smallest absolute Gasteiger partial charge is 0.273 e. The van der Waals surface area contributed by atoms with Crippen molar-refractivity contribution < 1.29 is 14.4 Å². The molecule has 124 valence electrons. The molecule has 2 N–H and O–H groups in total. The lowest BCUT2D eigenvalue weighted by Gasteiger charge is -2.12. The lowest BCUT2D eigenvalue weighted by molar-refractivity contribution is 0.0932. The van der Waals surface area contributed by atoms with Crippen molar-refractivity contribution in [2.75, 3.05) is 6.54 Å². The summed E-state index contributed by atoms with van der Waals surface area (Å²) in [4.78, 5) is 12.1. The zero-order chi connectivity index (χ0) is 16.9. The maximum Gasteiger partial charge on any atom is 0.273 e. The number of aromatic nitrogens is 2. The van der Waals surface area contributed by atoms with E-state index in [-0.39, 0.29) is 11.6 Å². The van der Waals surface area contributed by atoms with Crippen molar-refractivity contribution in [2.24, 2.45) is 7.05 Å². The van der Waals surface area contributed by atoms with E-state index in [2.05, 4.69) is 10.5 Å². The Hall–Kier alpha value is -2.86. The maximum absolute atomic E-state index is 12.1. The van der Waals surface area contributed by atoms with E-state index in [0.717, 1.165) is 11.3 Å². The summed E-state index contributed by atoms with van der Waals surface area (Å²) < 4.78 is 7.07. The number of benzene rings is 1. The van der Waals surface area contributed by atoms with E-state index in [1.54, 1.807) is 6.07 Å². The first-order valence-corrected chi connectivity index (χ1v) is 7.75. The van der Waals surface area contributed by atoms with Gasteiger partial charge in [0.15, 0.2) is 11.5 Å². The summed E-state index contributed by atoms with van der Waals surface area (Å²) in [6.45, 7) is 0.346. The molecule has 0 radical (unpaired) electrons. The highest BCUT2D eigenvalue weighted by molar-refractivity contribution is 5.93.